The number of amides is 1. The van der Waals surface area contributed by atoms with E-state index in [1.807, 2.05) is 0 Å². The van der Waals surface area contributed by atoms with Crippen molar-refractivity contribution in [2.45, 2.75) is 26.4 Å². The highest BCUT2D eigenvalue weighted by Crippen LogP contribution is 2.15. The molecule has 6 nitrogen and oxygen atoms in total. The molecule has 2 N–H and O–H groups in total. The molecule has 0 saturated carbocycles. The Hall–Kier alpha value is -1.40. The lowest BCUT2D eigenvalue weighted by Gasteiger charge is -2.23. The number of hydrogen-bond acceptors (Lipinski definition) is 5. The smallest absolute Gasteiger partial charge is 0.430 e. The summed E-state index contributed by atoms with van der Waals surface area (Å²) < 4.78 is 5.05. The van der Waals surface area contributed by atoms with Gasteiger partial charge >= 0.3 is 6.09 Å². The number of hydrazine groups is 1. The van der Waals surface area contributed by atoms with Crippen molar-refractivity contribution < 1.29 is 9.53 Å². The second-order valence-electron chi connectivity index (χ2n) is 4.05. The molecule has 0 aliphatic rings. The van der Waals surface area contributed by atoms with Crippen LogP contribution < -0.4 is 10.9 Å². The van der Waals surface area contributed by atoms with Crippen LogP contribution in [0, 0.1) is 0 Å². The zero-order valence-corrected chi connectivity index (χ0v) is 10.0. The molecule has 0 aromatic carbocycles. The van der Waals surface area contributed by atoms with E-state index < -0.39 is 11.7 Å². The first-order valence-electron chi connectivity index (χ1n) is 4.55. The summed E-state index contributed by atoms with van der Waals surface area (Å²) in [5, 5.41) is 0.975. The molecule has 1 amide bonds. The molecule has 7 heteroatoms. The Morgan fingerprint density at radius 3 is 2.62 bits per heavy atom. The number of carbonyl (C=O) groups is 1. The van der Waals surface area contributed by atoms with E-state index >= 15 is 0 Å². The third kappa shape index (κ3) is 3.63. The molecule has 0 radical (unpaired) electrons. The van der Waals surface area contributed by atoms with Gasteiger partial charge in [-0.25, -0.2) is 20.6 Å². The summed E-state index contributed by atoms with van der Waals surface area (Å²) in [7, 11) is 0. The summed E-state index contributed by atoms with van der Waals surface area (Å²) in [5.41, 5.74) is -0.620. The van der Waals surface area contributed by atoms with Gasteiger partial charge in [-0.3, -0.25) is 0 Å². The van der Waals surface area contributed by atoms with Crippen molar-refractivity contribution in [3.05, 3.63) is 17.5 Å². The first kappa shape index (κ1) is 12.7. The van der Waals surface area contributed by atoms with E-state index in [0.29, 0.717) is 0 Å². The Morgan fingerprint density at radius 2 is 2.12 bits per heavy atom. The highest BCUT2D eigenvalue weighted by Gasteiger charge is 2.22. The largest absolute Gasteiger partial charge is 0.442 e. The van der Waals surface area contributed by atoms with Crippen LogP contribution in [0.15, 0.2) is 12.4 Å². The fourth-order valence-electron chi connectivity index (χ4n) is 0.861. The average molecular weight is 245 g/mol. The molecular formula is C9H13ClN4O2. The number of carbonyl (C=O) groups excluding carboxylic acids is 1. The summed E-state index contributed by atoms with van der Waals surface area (Å²) in [4.78, 5) is 19.0. The second-order valence-corrected chi connectivity index (χ2v) is 4.44. The normalized spacial score (nSPS) is 11.1. The Morgan fingerprint density at radius 1 is 1.50 bits per heavy atom. The summed E-state index contributed by atoms with van der Waals surface area (Å²) in [6.45, 7) is 5.23. The lowest BCUT2D eigenvalue weighted by molar-refractivity contribution is 0.0579. The van der Waals surface area contributed by atoms with Crippen molar-refractivity contribution in [2.24, 2.45) is 5.84 Å². The van der Waals surface area contributed by atoms with Gasteiger partial charge in [0.1, 0.15) is 17.1 Å². The minimum absolute atomic E-state index is 0.175. The topological polar surface area (TPSA) is 81.3 Å². The number of nitrogens with two attached hydrogens (primary N) is 1. The summed E-state index contributed by atoms with van der Waals surface area (Å²) in [6, 6.07) is 1.37. The zero-order valence-electron chi connectivity index (χ0n) is 9.27. The third-order valence-electron chi connectivity index (χ3n) is 1.46. The Bertz CT molecular complexity index is 391. The lowest BCUT2D eigenvalue weighted by atomic mass is 10.2. The van der Waals surface area contributed by atoms with Crippen LogP contribution in [0.3, 0.4) is 0 Å². The number of halogens is 1. The molecule has 0 bridgehead atoms. The standard InChI is InChI=1S/C9H13ClN4O2/c1-9(2,3)16-8(15)14(11)7-4-6(10)12-5-13-7/h4-5H,11H2,1-3H3. The van der Waals surface area contributed by atoms with Crippen LogP contribution in [-0.2, 0) is 4.74 Å². The zero-order chi connectivity index (χ0) is 12.3. The Labute approximate surface area is 98.3 Å². The average Bonchev–Trinajstić information content (AvgIpc) is 2.14. The number of rotatable bonds is 1. The SMILES string of the molecule is CC(C)(C)OC(=O)N(N)c1cc(Cl)ncn1. The molecule has 16 heavy (non-hydrogen) atoms. The van der Waals surface area contributed by atoms with E-state index in [1.165, 1.54) is 12.4 Å². The molecule has 0 spiro atoms. The first-order chi connectivity index (χ1) is 7.29. The van der Waals surface area contributed by atoms with E-state index in [-0.39, 0.29) is 11.0 Å². The first-order valence-corrected chi connectivity index (χ1v) is 4.93. The van der Waals surface area contributed by atoms with Crippen LogP contribution in [-0.4, -0.2) is 21.7 Å². The van der Waals surface area contributed by atoms with Gasteiger partial charge in [0.05, 0.1) is 0 Å². The molecule has 1 aromatic heterocycles. The van der Waals surface area contributed by atoms with Crippen LogP contribution in [0.4, 0.5) is 10.6 Å². The predicted molar refractivity (Wildman–Crippen MR) is 59.9 cm³/mol. The molecule has 1 aromatic rings. The van der Waals surface area contributed by atoms with Crippen LogP contribution in [0.2, 0.25) is 5.15 Å². The van der Waals surface area contributed by atoms with Gasteiger partial charge in [0, 0.05) is 6.07 Å². The number of aromatic nitrogens is 2. The highest BCUT2D eigenvalue weighted by atomic mass is 35.5. The van der Waals surface area contributed by atoms with Crippen molar-refractivity contribution in [3.63, 3.8) is 0 Å². The summed E-state index contributed by atoms with van der Waals surface area (Å²) >= 11 is 5.64. The van der Waals surface area contributed by atoms with Gasteiger partial charge in [-0.2, -0.15) is 5.01 Å². The van der Waals surface area contributed by atoms with Crippen LogP contribution >= 0.6 is 11.6 Å². The minimum atomic E-state index is -0.706. The van der Waals surface area contributed by atoms with Crippen LogP contribution in [0.25, 0.3) is 0 Å². The quantitative estimate of drug-likeness (QED) is 0.352. The minimum Gasteiger partial charge on any atom is -0.442 e. The monoisotopic (exact) mass is 244 g/mol. The maximum absolute atomic E-state index is 11.5. The molecule has 0 atom stereocenters. The fourth-order valence-corrected chi connectivity index (χ4v) is 1.00. The lowest BCUT2D eigenvalue weighted by Crippen LogP contribution is -2.42. The molecule has 1 rings (SSSR count). The van der Waals surface area contributed by atoms with Crippen molar-refractivity contribution in [2.75, 3.05) is 5.01 Å². The highest BCUT2D eigenvalue weighted by molar-refractivity contribution is 6.29. The van der Waals surface area contributed by atoms with Crippen molar-refractivity contribution in [1.82, 2.24) is 9.97 Å². The maximum atomic E-state index is 11.5. The van der Waals surface area contributed by atoms with Crippen molar-refractivity contribution in [3.8, 4) is 0 Å². The van der Waals surface area contributed by atoms with Gasteiger partial charge < -0.3 is 4.74 Å². The summed E-state index contributed by atoms with van der Waals surface area (Å²) in [5.74, 6) is 5.70. The molecule has 88 valence electrons. The van der Waals surface area contributed by atoms with Gasteiger partial charge in [0.25, 0.3) is 0 Å². The van der Waals surface area contributed by atoms with Crippen LogP contribution in [0.1, 0.15) is 20.8 Å². The molecule has 0 fully saturated rings. The van der Waals surface area contributed by atoms with Gasteiger partial charge in [-0.15, -0.1) is 0 Å². The Balaban J connectivity index is 2.78. The van der Waals surface area contributed by atoms with Gasteiger partial charge in [-0.05, 0) is 20.8 Å². The van der Waals surface area contributed by atoms with E-state index in [1.54, 1.807) is 20.8 Å². The van der Waals surface area contributed by atoms with Gasteiger partial charge in [-0.1, -0.05) is 11.6 Å². The van der Waals surface area contributed by atoms with Crippen molar-refractivity contribution in [1.29, 1.82) is 0 Å². The van der Waals surface area contributed by atoms with E-state index in [2.05, 4.69) is 9.97 Å². The Kier molecular flexibility index (Phi) is 3.66. The number of anilines is 1. The van der Waals surface area contributed by atoms with E-state index in [4.69, 9.17) is 22.2 Å². The third-order valence-corrected chi connectivity index (χ3v) is 1.66. The molecule has 1 heterocycles. The molecule has 0 aliphatic heterocycles. The maximum Gasteiger partial charge on any atom is 0.430 e. The second kappa shape index (κ2) is 4.63. The van der Waals surface area contributed by atoms with E-state index in [0.717, 1.165) is 5.01 Å². The number of hydrogen-bond donors (Lipinski definition) is 1. The molecular weight excluding hydrogens is 232 g/mol. The molecule has 0 saturated heterocycles. The number of ether oxygens (including phenoxy) is 1. The fraction of sp³-hybridized carbons (Fsp3) is 0.444. The molecule has 0 aliphatic carbocycles. The van der Waals surface area contributed by atoms with Gasteiger partial charge in [0.2, 0.25) is 0 Å². The van der Waals surface area contributed by atoms with Crippen LogP contribution in [0.5, 0.6) is 0 Å². The molecule has 0 unspecified atom stereocenters. The van der Waals surface area contributed by atoms with Gasteiger partial charge in [0.15, 0.2) is 5.82 Å². The number of nitrogens with zero attached hydrogens (tertiary/aromatic N) is 3. The van der Waals surface area contributed by atoms with Crippen molar-refractivity contribution >= 4 is 23.5 Å². The summed E-state index contributed by atoms with van der Waals surface area (Å²) in [6.07, 6.45) is 0.504. The predicted octanol–water partition coefficient (Wildman–Crippen LogP) is 1.75. The van der Waals surface area contributed by atoms with E-state index in [9.17, 15) is 4.79 Å².